The van der Waals surface area contributed by atoms with E-state index in [2.05, 4.69) is 77.9 Å². The third-order valence-electron chi connectivity index (χ3n) is 16.6. The molecule has 12 heteroatoms. The van der Waals surface area contributed by atoms with Gasteiger partial charge in [0.1, 0.15) is 0 Å². The molecule has 88 heavy (non-hydrogen) atoms. The van der Waals surface area contributed by atoms with E-state index in [9.17, 15) is 30.6 Å². The van der Waals surface area contributed by atoms with E-state index in [1.807, 2.05) is 228 Å². The Labute approximate surface area is 543 Å². The summed E-state index contributed by atoms with van der Waals surface area (Å²) in [6, 6.07) is 30.8. The largest absolute Gasteiger partial charge is 0.390 e. The van der Waals surface area contributed by atoms with Crippen LogP contribution >= 0.6 is 0 Å². The molecule has 0 saturated carbocycles. The molecule has 0 heterocycles. The maximum absolute atomic E-state index is 10.9. The number of hydrogen-bond donors (Lipinski definition) is 12. The summed E-state index contributed by atoms with van der Waals surface area (Å²) in [5, 5.41) is 59.5. The van der Waals surface area contributed by atoms with Gasteiger partial charge in [0.25, 0.3) is 0 Å². The van der Waals surface area contributed by atoms with Gasteiger partial charge in [-0.3, -0.25) is 0 Å². The molecule has 516 valence electrons. The van der Waals surface area contributed by atoms with Gasteiger partial charge in [-0.05, 0) is 262 Å². The average Bonchev–Trinajstić information content (AvgIpc) is 1.79. The summed E-state index contributed by atoms with van der Waals surface area (Å²) in [6.45, 7) is 61.2. The van der Waals surface area contributed by atoms with Crippen molar-refractivity contribution >= 4 is 0 Å². The smallest absolute Gasteiger partial charge is 0.0666 e. The maximum Gasteiger partial charge on any atom is 0.0666 e. The Bertz CT molecular complexity index is 2170. The SMILES string of the molecule is CC(C)(O)C(c1ccccc1)[C@H](c1ccccc1)C(C)(C)N.CC(C)(O)C[C@H](C(C)(C)C)C(C)(C)N.CC(C)(O)C[C@H](Cc1ccccc1)C(C)(C)N.CC(C)[C@@H](CC(C)(C)O)C(C)(C)N.C[C@@H](CC(C)(C)O)C(C)(C)N.C[C@H](CC(C)(C)N)C(C)(C)O. The number of aliphatic hydroxyl groups is 6. The summed E-state index contributed by atoms with van der Waals surface area (Å²) in [7, 11) is 0. The second-order valence-electron chi connectivity index (χ2n) is 35.4. The van der Waals surface area contributed by atoms with Crippen LogP contribution in [0.2, 0.25) is 0 Å². The van der Waals surface area contributed by atoms with Gasteiger partial charge in [0, 0.05) is 45.1 Å². The van der Waals surface area contributed by atoms with Crippen LogP contribution in [0, 0.1) is 40.9 Å². The van der Waals surface area contributed by atoms with E-state index < -0.39 is 39.1 Å². The maximum atomic E-state index is 10.9. The highest BCUT2D eigenvalue weighted by Crippen LogP contribution is 2.46. The first-order valence-corrected chi connectivity index (χ1v) is 32.7. The van der Waals surface area contributed by atoms with Crippen molar-refractivity contribution in [3.05, 3.63) is 108 Å². The molecule has 0 bridgehead atoms. The fourth-order valence-electron chi connectivity index (χ4n) is 11.6. The van der Waals surface area contributed by atoms with Crippen LogP contribution in [0.3, 0.4) is 0 Å². The molecule has 3 aromatic rings. The summed E-state index contributed by atoms with van der Waals surface area (Å²) in [6.07, 6.45) is 4.71. The fraction of sp³-hybridized carbons (Fsp3) is 0.763. The molecule has 3 aromatic carbocycles. The molecule has 18 N–H and O–H groups in total. The molecule has 0 aliphatic carbocycles. The topological polar surface area (TPSA) is 278 Å². The molecule has 0 aliphatic heterocycles. The third-order valence-corrected chi connectivity index (χ3v) is 16.6. The Kier molecular flexibility index (Phi) is 35.4. The van der Waals surface area contributed by atoms with Crippen molar-refractivity contribution in [3.63, 3.8) is 0 Å². The average molecular weight is 1240 g/mol. The summed E-state index contributed by atoms with van der Waals surface area (Å²) in [4.78, 5) is 0. The quantitative estimate of drug-likeness (QED) is 0.0422. The van der Waals surface area contributed by atoms with Gasteiger partial charge in [-0.1, -0.05) is 139 Å². The fourth-order valence-corrected chi connectivity index (χ4v) is 11.6. The lowest BCUT2D eigenvalue weighted by Crippen LogP contribution is -2.49. The molecule has 0 aromatic heterocycles. The van der Waals surface area contributed by atoms with Gasteiger partial charge >= 0.3 is 0 Å². The lowest BCUT2D eigenvalue weighted by atomic mass is 9.66. The van der Waals surface area contributed by atoms with Crippen LogP contribution in [0.25, 0.3) is 0 Å². The van der Waals surface area contributed by atoms with E-state index in [0.717, 1.165) is 43.2 Å². The first-order valence-electron chi connectivity index (χ1n) is 32.7. The predicted octanol–water partition coefficient (Wildman–Crippen LogP) is 14.6. The van der Waals surface area contributed by atoms with Crippen LogP contribution in [-0.2, 0) is 6.42 Å². The first-order chi connectivity index (χ1) is 38.5. The summed E-state index contributed by atoms with van der Waals surface area (Å²) < 4.78 is 0. The van der Waals surface area contributed by atoms with Crippen molar-refractivity contribution in [3.8, 4) is 0 Å². The minimum Gasteiger partial charge on any atom is -0.390 e. The van der Waals surface area contributed by atoms with Gasteiger partial charge in [-0.25, -0.2) is 0 Å². The number of benzene rings is 3. The van der Waals surface area contributed by atoms with Crippen molar-refractivity contribution in [1.29, 1.82) is 0 Å². The van der Waals surface area contributed by atoms with Crippen LogP contribution < -0.4 is 34.4 Å². The highest BCUT2D eigenvalue weighted by atomic mass is 16.3. The second kappa shape index (κ2) is 34.9. The van der Waals surface area contributed by atoms with E-state index >= 15 is 0 Å². The molecule has 0 amide bonds. The monoisotopic (exact) mass is 1240 g/mol. The van der Waals surface area contributed by atoms with Gasteiger partial charge < -0.3 is 65.0 Å². The van der Waals surface area contributed by atoms with Crippen molar-refractivity contribution in [2.75, 3.05) is 0 Å². The van der Waals surface area contributed by atoms with Crippen molar-refractivity contribution in [2.45, 2.75) is 332 Å². The van der Waals surface area contributed by atoms with E-state index in [1.165, 1.54) is 5.56 Å². The molecule has 3 rings (SSSR count). The van der Waals surface area contributed by atoms with E-state index in [-0.39, 0.29) is 56.8 Å². The van der Waals surface area contributed by atoms with Crippen molar-refractivity contribution < 1.29 is 30.6 Å². The lowest BCUT2D eigenvalue weighted by Gasteiger charge is -2.43. The van der Waals surface area contributed by atoms with Gasteiger partial charge in [-0.2, -0.15) is 0 Å². The molecule has 0 aliphatic rings. The second-order valence-corrected chi connectivity index (χ2v) is 35.4. The predicted molar refractivity (Wildman–Crippen MR) is 382 cm³/mol. The van der Waals surface area contributed by atoms with Crippen LogP contribution in [-0.4, -0.2) is 97.5 Å². The van der Waals surface area contributed by atoms with E-state index in [1.54, 1.807) is 0 Å². The molecule has 0 saturated heterocycles. The van der Waals surface area contributed by atoms with Gasteiger partial charge in [0.15, 0.2) is 0 Å². The number of nitrogens with two attached hydrogens (primary N) is 6. The molecular formula is C76H146N6O6. The Balaban J connectivity index is -0.00000101. The standard InChI is InChI=1S/C20H27NO.C15H25NO.C12H27NO.C11H25NO.2C9H21NO/c1-19(2,21)17(15-11-7-5-8-12-15)18(20(3,4)22)16-13-9-6-10-14-16;1-14(2,17)11-13(15(3,4)16)10-12-8-6-5-7-9-12;1-10(2,3)9(12(6,7)13)8-11(4,5)14;1-8(2)9(11(5,6)12)7-10(3,4)13;1-7(9(4,5)10)6-8(2,3)11;1-7(9(4,5)11)6-8(2,3)10/h5-14,17-18,22H,21H2,1-4H3;5-9,13,17H,10-11,16H2,1-4H3;9,14H,8,13H2,1-7H3;8-9,13H,7,12H2,1-6H3;2*7,11H,6,10H2,1-5H3/t17-,18?;13-;2*9-;2*7-/m001101/s1. The molecule has 0 radical (unpaired) electrons. The Morgan fingerprint density at radius 1 is 0.330 bits per heavy atom. The van der Waals surface area contributed by atoms with Crippen LogP contribution in [0.5, 0.6) is 0 Å². The highest BCUT2D eigenvalue weighted by molar-refractivity contribution is 5.34. The molecule has 7 atom stereocenters. The first kappa shape index (κ1) is 89.4. The molecule has 12 nitrogen and oxygen atoms in total. The molecule has 0 fully saturated rings. The number of hydrogen-bond acceptors (Lipinski definition) is 12. The minimum absolute atomic E-state index is 0.0103. The van der Waals surface area contributed by atoms with Crippen LogP contribution in [0.1, 0.15) is 275 Å². The molecule has 0 spiro atoms. The Hall–Kier alpha value is -2.82. The molecule has 1 unspecified atom stereocenters. The highest BCUT2D eigenvalue weighted by Gasteiger charge is 2.43. The summed E-state index contributed by atoms with van der Waals surface area (Å²) in [5.74, 6) is 1.93. The zero-order valence-electron chi connectivity index (χ0n) is 62.7. The lowest BCUT2D eigenvalue weighted by molar-refractivity contribution is 0.00735. The van der Waals surface area contributed by atoms with Crippen molar-refractivity contribution in [2.24, 2.45) is 75.3 Å². The van der Waals surface area contributed by atoms with Crippen molar-refractivity contribution in [1.82, 2.24) is 0 Å². The zero-order valence-corrected chi connectivity index (χ0v) is 62.7. The number of rotatable bonds is 23. The van der Waals surface area contributed by atoms with Crippen LogP contribution in [0.15, 0.2) is 91.0 Å². The summed E-state index contributed by atoms with van der Waals surface area (Å²) in [5.41, 5.74) is 34.8. The van der Waals surface area contributed by atoms with Gasteiger partial charge in [-0.15, -0.1) is 0 Å². The van der Waals surface area contributed by atoms with Crippen LogP contribution in [0.4, 0.5) is 0 Å². The van der Waals surface area contributed by atoms with Gasteiger partial charge in [0.05, 0.1) is 33.6 Å². The van der Waals surface area contributed by atoms with Gasteiger partial charge in [0.2, 0.25) is 0 Å². The third kappa shape index (κ3) is 43.1. The van der Waals surface area contributed by atoms with E-state index in [4.69, 9.17) is 34.4 Å². The Morgan fingerprint density at radius 2 is 0.670 bits per heavy atom. The Morgan fingerprint density at radius 3 is 0.864 bits per heavy atom. The molecular weight excluding hydrogens is 1090 g/mol. The summed E-state index contributed by atoms with van der Waals surface area (Å²) >= 11 is 0. The van der Waals surface area contributed by atoms with E-state index in [0.29, 0.717) is 30.1 Å². The zero-order chi connectivity index (χ0) is 70.7. The minimum atomic E-state index is -0.876. The normalized spacial score (nSPS) is 16.0.